The van der Waals surface area contributed by atoms with E-state index in [1.807, 2.05) is 30.8 Å². The lowest BCUT2D eigenvalue weighted by atomic mass is 10.1. The molecule has 0 saturated heterocycles. The molecule has 0 aliphatic rings. The van der Waals surface area contributed by atoms with Gasteiger partial charge < -0.3 is 5.32 Å². The zero-order chi connectivity index (χ0) is 15.4. The summed E-state index contributed by atoms with van der Waals surface area (Å²) >= 11 is 18.3. The van der Waals surface area contributed by atoms with E-state index in [0.29, 0.717) is 16.6 Å². The summed E-state index contributed by atoms with van der Waals surface area (Å²) in [5.41, 5.74) is 3.03. The fraction of sp³-hybridized carbons (Fsp3) is 0.400. The van der Waals surface area contributed by atoms with Crippen molar-refractivity contribution in [1.82, 2.24) is 15.1 Å². The van der Waals surface area contributed by atoms with Crippen LogP contribution in [0.3, 0.4) is 0 Å². The van der Waals surface area contributed by atoms with Gasteiger partial charge in [0.1, 0.15) is 0 Å². The Morgan fingerprint density at radius 2 is 2.00 bits per heavy atom. The van der Waals surface area contributed by atoms with Crippen molar-refractivity contribution in [2.45, 2.75) is 26.3 Å². The van der Waals surface area contributed by atoms with Crippen molar-refractivity contribution < 1.29 is 0 Å². The smallest absolute Gasteiger partial charge is 0.0863 e. The van der Waals surface area contributed by atoms with Crippen LogP contribution < -0.4 is 5.32 Å². The largest absolute Gasteiger partial charge is 0.311 e. The third kappa shape index (κ3) is 4.13. The third-order valence-corrected chi connectivity index (χ3v) is 4.40. The molecule has 6 heteroatoms. The summed E-state index contributed by atoms with van der Waals surface area (Å²) in [4.78, 5) is 0. The van der Waals surface area contributed by atoms with E-state index in [4.69, 9.17) is 34.8 Å². The number of hydrogen-bond acceptors (Lipinski definition) is 2. The second-order valence-corrected chi connectivity index (χ2v) is 6.07. The number of halogens is 3. The monoisotopic (exact) mass is 345 g/mol. The Hall–Kier alpha value is -0.740. The maximum atomic E-state index is 6.31. The number of nitrogens with one attached hydrogen (secondary N) is 1. The van der Waals surface area contributed by atoms with Crippen LogP contribution in [-0.2, 0) is 26.4 Å². The minimum atomic E-state index is 0.658. The Balaban J connectivity index is 1.89. The van der Waals surface area contributed by atoms with Crippen LogP contribution in [-0.4, -0.2) is 16.3 Å². The molecule has 0 saturated carbocycles. The van der Waals surface area contributed by atoms with Crippen LogP contribution >= 0.6 is 34.8 Å². The van der Waals surface area contributed by atoms with Gasteiger partial charge in [-0.05, 0) is 37.1 Å². The molecule has 0 aliphatic carbocycles. The van der Waals surface area contributed by atoms with Crippen LogP contribution in [0.5, 0.6) is 0 Å². The van der Waals surface area contributed by atoms with E-state index in [-0.39, 0.29) is 0 Å². The van der Waals surface area contributed by atoms with Crippen molar-refractivity contribution in [2.24, 2.45) is 7.05 Å². The predicted octanol–water partition coefficient (Wildman–Crippen LogP) is 4.28. The lowest BCUT2D eigenvalue weighted by Crippen LogP contribution is -2.19. The van der Waals surface area contributed by atoms with Gasteiger partial charge in [0.2, 0.25) is 0 Å². The molecule has 0 aliphatic heterocycles. The molecule has 1 aromatic heterocycles. The van der Waals surface area contributed by atoms with Gasteiger partial charge >= 0.3 is 0 Å². The van der Waals surface area contributed by atoms with Crippen LogP contribution in [0.25, 0.3) is 0 Å². The maximum Gasteiger partial charge on any atom is 0.0863 e. The summed E-state index contributed by atoms with van der Waals surface area (Å²) in [5.74, 6) is 0. The Morgan fingerprint density at radius 3 is 2.62 bits per heavy atom. The molecule has 0 spiro atoms. The summed E-state index contributed by atoms with van der Waals surface area (Å²) in [5, 5.41) is 9.90. The summed E-state index contributed by atoms with van der Waals surface area (Å²) in [6.07, 6.45) is 1.68. The van der Waals surface area contributed by atoms with Crippen molar-refractivity contribution in [1.29, 1.82) is 0 Å². The van der Waals surface area contributed by atoms with Gasteiger partial charge in [-0.3, -0.25) is 4.68 Å². The van der Waals surface area contributed by atoms with Crippen LogP contribution in [0.15, 0.2) is 18.2 Å². The van der Waals surface area contributed by atoms with E-state index >= 15 is 0 Å². The molecule has 3 nitrogen and oxygen atoms in total. The average Bonchev–Trinajstić information content (AvgIpc) is 2.72. The van der Waals surface area contributed by atoms with Crippen molar-refractivity contribution >= 4 is 34.8 Å². The Labute approximate surface area is 140 Å². The molecular formula is C15H18Cl3N3. The summed E-state index contributed by atoms with van der Waals surface area (Å²) in [6, 6.07) is 5.58. The van der Waals surface area contributed by atoms with E-state index in [2.05, 4.69) is 10.4 Å². The first kappa shape index (κ1) is 16.6. The highest BCUT2D eigenvalue weighted by Gasteiger charge is 2.12. The number of benzene rings is 1. The second-order valence-electron chi connectivity index (χ2n) is 4.85. The van der Waals surface area contributed by atoms with Crippen LogP contribution in [0.1, 0.15) is 23.9 Å². The van der Waals surface area contributed by atoms with Crippen molar-refractivity contribution in [3.05, 3.63) is 50.2 Å². The molecule has 0 fully saturated rings. The van der Waals surface area contributed by atoms with E-state index in [0.717, 1.165) is 41.4 Å². The normalized spacial score (nSPS) is 11.1. The number of hydrogen-bond donors (Lipinski definition) is 1. The van der Waals surface area contributed by atoms with Crippen LogP contribution in [0, 0.1) is 0 Å². The van der Waals surface area contributed by atoms with Gasteiger partial charge in [-0.25, -0.2) is 0 Å². The lowest BCUT2D eigenvalue weighted by molar-refractivity contribution is 0.623. The molecule has 0 radical (unpaired) electrons. The minimum absolute atomic E-state index is 0.658. The highest BCUT2D eigenvalue weighted by atomic mass is 35.5. The molecule has 1 N–H and O–H groups in total. The zero-order valence-corrected chi connectivity index (χ0v) is 14.4. The summed E-state index contributed by atoms with van der Waals surface area (Å²) < 4.78 is 1.84. The first-order valence-electron chi connectivity index (χ1n) is 6.87. The SMILES string of the molecule is CCc1nn(C)c(CNCCc2ccc(Cl)cc2Cl)c1Cl. The number of aryl methyl sites for hydroxylation is 2. The molecule has 0 atom stereocenters. The lowest BCUT2D eigenvalue weighted by Gasteiger charge is -2.07. The summed E-state index contributed by atoms with van der Waals surface area (Å²) in [6.45, 7) is 3.55. The average molecular weight is 347 g/mol. The molecule has 0 unspecified atom stereocenters. The van der Waals surface area contributed by atoms with Gasteiger partial charge in [-0.1, -0.05) is 47.8 Å². The van der Waals surface area contributed by atoms with Crippen molar-refractivity contribution in [3.8, 4) is 0 Å². The molecule has 1 heterocycles. The minimum Gasteiger partial charge on any atom is -0.311 e. The molecule has 2 aromatic rings. The first-order valence-corrected chi connectivity index (χ1v) is 8.01. The zero-order valence-electron chi connectivity index (χ0n) is 12.1. The fourth-order valence-corrected chi connectivity index (χ4v) is 3.03. The number of rotatable bonds is 6. The highest BCUT2D eigenvalue weighted by molar-refractivity contribution is 6.35. The molecule has 114 valence electrons. The van der Waals surface area contributed by atoms with Gasteiger partial charge in [-0.2, -0.15) is 5.10 Å². The van der Waals surface area contributed by atoms with Crippen LogP contribution in [0.4, 0.5) is 0 Å². The third-order valence-electron chi connectivity index (χ3n) is 3.38. The van der Waals surface area contributed by atoms with Gasteiger partial charge in [0.05, 0.1) is 16.4 Å². The molecular weight excluding hydrogens is 329 g/mol. The fourth-order valence-electron chi connectivity index (χ4n) is 2.17. The van der Waals surface area contributed by atoms with Crippen molar-refractivity contribution in [2.75, 3.05) is 6.54 Å². The van der Waals surface area contributed by atoms with Gasteiger partial charge in [0.25, 0.3) is 0 Å². The molecule has 21 heavy (non-hydrogen) atoms. The molecule has 0 bridgehead atoms. The topological polar surface area (TPSA) is 29.9 Å². The van der Waals surface area contributed by atoms with Crippen LogP contribution in [0.2, 0.25) is 15.1 Å². The number of aromatic nitrogens is 2. The van der Waals surface area contributed by atoms with E-state index in [1.165, 1.54) is 0 Å². The number of nitrogens with zero attached hydrogens (tertiary/aromatic N) is 2. The molecule has 1 aromatic carbocycles. The van der Waals surface area contributed by atoms with E-state index < -0.39 is 0 Å². The maximum absolute atomic E-state index is 6.31. The van der Waals surface area contributed by atoms with Gasteiger partial charge in [0.15, 0.2) is 0 Å². The van der Waals surface area contributed by atoms with Gasteiger partial charge in [0, 0.05) is 23.6 Å². The Morgan fingerprint density at radius 1 is 1.24 bits per heavy atom. The first-order chi connectivity index (χ1) is 10.0. The second kappa shape index (κ2) is 7.50. The molecule has 0 amide bonds. The predicted molar refractivity (Wildman–Crippen MR) is 89.5 cm³/mol. The Kier molecular flexibility index (Phi) is 5.94. The van der Waals surface area contributed by atoms with Crippen molar-refractivity contribution in [3.63, 3.8) is 0 Å². The van der Waals surface area contributed by atoms with E-state index in [1.54, 1.807) is 6.07 Å². The van der Waals surface area contributed by atoms with Gasteiger partial charge in [-0.15, -0.1) is 0 Å². The summed E-state index contributed by atoms with van der Waals surface area (Å²) in [7, 11) is 1.91. The Bertz CT molecular complexity index is 623. The van der Waals surface area contributed by atoms with E-state index in [9.17, 15) is 0 Å². The quantitative estimate of drug-likeness (QED) is 0.791. The molecule has 2 rings (SSSR count). The standard InChI is InChI=1S/C15H18Cl3N3/c1-3-13-15(18)14(21(2)20-13)9-19-7-6-10-4-5-11(16)8-12(10)17/h4-5,8,19H,3,6-7,9H2,1-2H3. The highest BCUT2D eigenvalue weighted by Crippen LogP contribution is 2.22.